The lowest BCUT2D eigenvalue weighted by atomic mass is 10.3. The number of hydrogen-bond acceptors (Lipinski definition) is 5. The lowest BCUT2D eigenvalue weighted by Crippen LogP contribution is -2.36. The van der Waals surface area contributed by atoms with Gasteiger partial charge in [-0.15, -0.1) is 0 Å². The van der Waals surface area contributed by atoms with Gasteiger partial charge in [0, 0.05) is 5.57 Å². The Hall–Kier alpha value is -0.960. The Bertz CT molecular complexity index is 353. The minimum Gasteiger partial charge on any atom is -0.443 e. The summed E-state index contributed by atoms with van der Waals surface area (Å²) in [5.41, 5.74) is 0.444. The van der Waals surface area contributed by atoms with E-state index in [9.17, 15) is 4.79 Å². The number of carbonyl (C=O) groups excluding carboxylic acids is 1. The van der Waals surface area contributed by atoms with Crippen molar-refractivity contribution in [3.8, 4) is 0 Å². The van der Waals surface area contributed by atoms with Gasteiger partial charge in [-0.25, -0.2) is 4.79 Å². The maximum Gasteiger partial charge on any atom is 0.394 e. The molecule has 7 nitrogen and oxygen atoms in total. The monoisotopic (exact) mass is 283 g/mol. The molecule has 0 heterocycles. The van der Waals surface area contributed by atoms with Crippen LogP contribution in [0.4, 0.5) is 0 Å². The van der Waals surface area contributed by atoms with E-state index in [1.165, 1.54) is 0 Å². The SMILES string of the molecule is C=C(C)C(=O)OC(C)N(CC)CC.O=S(=O)(O)O. The van der Waals surface area contributed by atoms with Gasteiger partial charge >= 0.3 is 16.4 Å². The Morgan fingerprint density at radius 1 is 1.33 bits per heavy atom. The van der Waals surface area contributed by atoms with Gasteiger partial charge in [-0.2, -0.15) is 8.42 Å². The number of ether oxygens (including phenoxy) is 1. The van der Waals surface area contributed by atoms with Crippen molar-refractivity contribution < 1.29 is 27.1 Å². The largest absolute Gasteiger partial charge is 0.443 e. The van der Waals surface area contributed by atoms with E-state index in [1.54, 1.807) is 6.92 Å². The topological polar surface area (TPSA) is 104 Å². The van der Waals surface area contributed by atoms with Gasteiger partial charge in [-0.3, -0.25) is 14.0 Å². The molecule has 0 aliphatic rings. The van der Waals surface area contributed by atoms with Gasteiger partial charge in [-0.05, 0) is 26.9 Å². The van der Waals surface area contributed by atoms with Crippen LogP contribution < -0.4 is 0 Å². The van der Waals surface area contributed by atoms with Crippen molar-refractivity contribution in [3.63, 3.8) is 0 Å². The van der Waals surface area contributed by atoms with Crippen molar-refractivity contribution in [3.05, 3.63) is 12.2 Å². The Labute approximate surface area is 108 Å². The van der Waals surface area contributed by atoms with Crippen LogP contribution in [0.3, 0.4) is 0 Å². The predicted molar refractivity (Wildman–Crippen MR) is 67.5 cm³/mol. The molecular formula is C10H21NO6S. The lowest BCUT2D eigenvalue weighted by molar-refractivity contribution is -0.152. The average molecular weight is 283 g/mol. The summed E-state index contributed by atoms with van der Waals surface area (Å²) in [6, 6.07) is 0. The molecule has 0 bridgehead atoms. The summed E-state index contributed by atoms with van der Waals surface area (Å²) in [7, 11) is -4.67. The second kappa shape index (κ2) is 9.03. The zero-order chi connectivity index (χ0) is 14.9. The van der Waals surface area contributed by atoms with Gasteiger partial charge < -0.3 is 4.74 Å². The predicted octanol–water partition coefficient (Wildman–Crippen LogP) is 1.14. The van der Waals surface area contributed by atoms with E-state index < -0.39 is 10.4 Å². The summed E-state index contributed by atoms with van der Waals surface area (Å²) < 4.78 is 36.7. The second-order valence-corrected chi connectivity index (χ2v) is 4.35. The highest BCUT2D eigenvalue weighted by Crippen LogP contribution is 2.03. The third-order valence-electron chi connectivity index (χ3n) is 1.95. The van der Waals surface area contributed by atoms with Crippen molar-refractivity contribution >= 4 is 16.4 Å². The second-order valence-electron chi connectivity index (χ2n) is 3.45. The molecule has 0 amide bonds. The molecule has 8 heteroatoms. The van der Waals surface area contributed by atoms with Crippen molar-refractivity contribution in [2.24, 2.45) is 0 Å². The van der Waals surface area contributed by atoms with Crippen LogP contribution in [0.1, 0.15) is 27.7 Å². The van der Waals surface area contributed by atoms with Crippen LogP contribution in [0.15, 0.2) is 12.2 Å². The van der Waals surface area contributed by atoms with E-state index in [2.05, 4.69) is 11.5 Å². The molecule has 0 saturated carbocycles. The molecule has 1 atom stereocenters. The van der Waals surface area contributed by atoms with Crippen LogP contribution in [-0.2, 0) is 19.9 Å². The van der Waals surface area contributed by atoms with Crippen LogP contribution in [0.2, 0.25) is 0 Å². The Morgan fingerprint density at radius 2 is 1.67 bits per heavy atom. The van der Waals surface area contributed by atoms with Crippen molar-refractivity contribution in [2.45, 2.75) is 33.9 Å². The zero-order valence-corrected chi connectivity index (χ0v) is 11.9. The summed E-state index contributed by atoms with van der Waals surface area (Å²) in [4.78, 5) is 13.2. The van der Waals surface area contributed by atoms with E-state index in [-0.39, 0.29) is 12.2 Å². The normalized spacial score (nSPS) is 12.4. The van der Waals surface area contributed by atoms with Crippen molar-refractivity contribution in [1.82, 2.24) is 4.90 Å². The zero-order valence-electron chi connectivity index (χ0n) is 11.1. The fourth-order valence-electron chi connectivity index (χ4n) is 1.07. The molecule has 18 heavy (non-hydrogen) atoms. The molecule has 0 rings (SSSR count). The average Bonchev–Trinajstić information content (AvgIpc) is 2.16. The molecule has 0 spiro atoms. The number of carbonyl (C=O) groups is 1. The number of hydrogen-bond donors (Lipinski definition) is 2. The number of nitrogens with zero attached hydrogens (tertiary/aromatic N) is 1. The molecule has 0 aliphatic heterocycles. The van der Waals surface area contributed by atoms with Gasteiger partial charge in [0.25, 0.3) is 0 Å². The summed E-state index contributed by atoms with van der Waals surface area (Å²) in [6.45, 7) is 12.9. The summed E-state index contributed by atoms with van der Waals surface area (Å²) in [6.07, 6.45) is -0.167. The first-order valence-corrected chi connectivity index (χ1v) is 6.73. The third-order valence-corrected chi connectivity index (χ3v) is 1.95. The Kier molecular flexibility index (Phi) is 9.73. The number of esters is 1. The minimum atomic E-state index is -4.67. The molecule has 1 unspecified atom stereocenters. The van der Waals surface area contributed by atoms with Crippen LogP contribution in [0.25, 0.3) is 0 Å². The fourth-order valence-corrected chi connectivity index (χ4v) is 1.07. The molecule has 0 aromatic rings. The summed E-state index contributed by atoms with van der Waals surface area (Å²) in [5.74, 6) is -0.320. The summed E-state index contributed by atoms with van der Waals surface area (Å²) >= 11 is 0. The molecule has 0 fully saturated rings. The van der Waals surface area contributed by atoms with Crippen molar-refractivity contribution in [2.75, 3.05) is 13.1 Å². The molecule has 0 aromatic carbocycles. The first kappa shape index (κ1) is 19.4. The third kappa shape index (κ3) is 13.1. The van der Waals surface area contributed by atoms with E-state index in [0.717, 1.165) is 13.1 Å². The molecule has 0 aromatic heterocycles. The minimum absolute atomic E-state index is 0.167. The standard InChI is InChI=1S/C10H19NO2.H2O4S/c1-6-11(7-2)9(5)13-10(12)8(3)4;1-5(2,3)4/h9H,3,6-7H2,1-2,4-5H3;(H2,1,2,3,4). The first-order valence-electron chi connectivity index (χ1n) is 5.33. The molecular weight excluding hydrogens is 262 g/mol. The maximum atomic E-state index is 11.1. The molecule has 108 valence electrons. The highest BCUT2D eigenvalue weighted by Gasteiger charge is 2.14. The smallest absolute Gasteiger partial charge is 0.394 e. The Morgan fingerprint density at radius 3 is 1.89 bits per heavy atom. The van der Waals surface area contributed by atoms with E-state index >= 15 is 0 Å². The van der Waals surface area contributed by atoms with Crippen molar-refractivity contribution in [1.29, 1.82) is 0 Å². The number of rotatable bonds is 5. The fraction of sp³-hybridized carbons (Fsp3) is 0.700. The molecule has 0 saturated heterocycles. The molecule has 0 aliphatic carbocycles. The quantitative estimate of drug-likeness (QED) is 0.337. The van der Waals surface area contributed by atoms with E-state index in [4.69, 9.17) is 22.3 Å². The van der Waals surface area contributed by atoms with Crippen LogP contribution in [0.5, 0.6) is 0 Å². The van der Waals surface area contributed by atoms with Crippen LogP contribution in [0, 0.1) is 0 Å². The lowest BCUT2D eigenvalue weighted by Gasteiger charge is -2.25. The van der Waals surface area contributed by atoms with Gasteiger partial charge in [0.15, 0.2) is 6.23 Å². The highest BCUT2D eigenvalue weighted by atomic mass is 32.3. The molecule has 0 radical (unpaired) electrons. The van der Waals surface area contributed by atoms with Crippen LogP contribution >= 0.6 is 0 Å². The summed E-state index contributed by atoms with van der Waals surface area (Å²) in [5, 5.41) is 0. The Balaban J connectivity index is 0. The van der Waals surface area contributed by atoms with E-state index in [1.807, 2.05) is 20.8 Å². The maximum absolute atomic E-state index is 11.1. The first-order chi connectivity index (χ1) is 8.02. The highest BCUT2D eigenvalue weighted by molar-refractivity contribution is 7.79. The molecule has 2 N–H and O–H groups in total. The van der Waals surface area contributed by atoms with Gasteiger partial charge in [0.2, 0.25) is 0 Å². The van der Waals surface area contributed by atoms with Gasteiger partial charge in [0.05, 0.1) is 0 Å². The van der Waals surface area contributed by atoms with Gasteiger partial charge in [0.1, 0.15) is 0 Å². The van der Waals surface area contributed by atoms with E-state index in [0.29, 0.717) is 5.57 Å². The van der Waals surface area contributed by atoms with Crippen LogP contribution in [-0.4, -0.2) is 47.7 Å². The van der Waals surface area contributed by atoms with Gasteiger partial charge in [-0.1, -0.05) is 20.4 Å².